The second-order valence-corrected chi connectivity index (χ2v) is 5.33. The molecule has 21 heavy (non-hydrogen) atoms. The third kappa shape index (κ3) is 3.56. The molecule has 2 rings (SSSR count). The number of rotatable bonds is 2. The number of alkyl halides is 3. The molecule has 0 saturated heterocycles. The van der Waals surface area contributed by atoms with Crippen LogP contribution in [0.3, 0.4) is 0 Å². The minimum Gasteiger partial charge on any atom is -0.355 e. The van der Waals surface area contributed by atoms with Crippen LogP contribution in [-0.2, 0) is 6.18 Å². The summed E-state index contributed by atoms with van der Waals surface area (Å²) >= 11 is 3.36. The average Bonchev–Trinajstić information content (AvgIpc) is 2.41. The van der Waals surface area contributed by atoms with E-state index < -0.39 is 17.3 Å². The number of nitrogens with one attached hydrogen (secondary N) is 1. The highest BCUT2D eigenvalue weighted by atomic mass is 79.9. The van der Waals surface area contributed by atoms with E-state index in [0.29, 0.717) is 5.69 Å². The Hall–Kier alpha value is -2.00. The highest BCUT2D eigenvalue weighted by molar-refractivity contribution is 9.10. The molecule has 0 fully saturated rings. The van der Waals surface area contributed by atoms with Crippen LogP contribution in [0.2, 0.25) is 0 Å². The van der Waals surface area contributed by atoms with Gasteiger partial charge in [-0.15, -0.1) is 0 Å². The van der Waals surface area contributed by atoms with Crippen molar-refractivity contribution in [2.24, 2.45) is 0 Å². The first kappa shape index (κ1) is 15.4. The largest absolute Gasteiger partial charge is 0.417 e. The van der Waals surface area contributed by atoms with Crippen molar-refractivity contribution in [1.82, 2.24) is 0 Å². The van der Waals surface area contributed by atoms with Crippen LogP contribution in [0.15, 0.2) is 40.9 Å². The topological polar surface area (TPSA) is 35.8 Å². The van der Waals surface area contributed by atoms with Crippen LogP contribution < -0.4 is 5.32 Å². The van der Waals surface area contributed by atoms with Crippen LogP contribution >= 0.6 is 15.9 Å². The van der Waals surface area contributed by atoms with Crippen LogP contribution in [0, 0.1) is 18.3 Å². The first-order chi connectivity index (χ1) is 9.81. The monoisotopic (exact) mass is 354 g/mol. The van der Waals surface area contributed by atoms with Gasteiger partial charge in [0.25, 0.3) is 0 Å². The SMILES string of the molecule is Cc1ccc(Br)c(Nc2ccc(C(F)(F)F)c(C#N)c2)c1. The lowest BCUT2D eigenvalue weighted by Gasteiger charge is -2.13. The molecule has 0 aliphatic carbocycles. The Balaban J connectivity index is 2.39. The molecule has 0 heterocycles. The van der Waals surface area contributed by atoms with E-state index in [4.69, 9.17) is 5.26 Å². The highest BCUT2D eigenvalue weighted by Crippen LogP contribution is 2.34. The smallest absolute Gasteiger partial charge is 0.355 e. The predicted octanol–water partition coefficient (Wildman–Crippen LogP) is 5.39. The second kappa shape index (κ2) is 5.78. The molecule has 2 nitrogen and oxygen atoms in total. The summed E-state index contributed by atoms with van der Waals surface area (Å²) in [5, 5.41) is 11.9. The Morgan fingerprint density at radius 3 is 2.48 bits per heavy atom. The maximum atomic E-state index is 12.7. The molecule has 0 bridgehead atoms. The summed E-state index contributed by atoms with van der Waals surface area (Å²) in [5.74, 6) is 0. The maximum Gasteiger partial charge on any atom is 0.417 e. The minimum atomic E-state index is -4.53. The fraction of sp³-hybridized carbons (Fsp3) is 0.133. The zero-order valence-electron chi connectivity index (χ0n) is 10.9. The first-order valence-corrected chi connectivity index (χ1v) is 6.75. The number of nitrogens with zero attached hydrogens (tertiary/aromatic N) is 1. The van der Waals surface area contributed by atoms with Gasteiger partial charge in [0.1, 0.15) is 0 Å². The summed E-state index contributed by atoms with van der Waals surface area (Å²) in [5.41, 5.74) is 0.813. The molecule has 108 valence electrons. The molecule has 0 amide bonds. The van der Waals surface area contributed by atoms with Gasteiger partial charge in [0.15, 0.2) is 0 Å². The van der Waals surface area contributed by atoms with E-state index in [-0.39, 0.29) is 0 Å². The molecule has 2 aromatic rings. The van der Waals surface area contributed by atoms with E-state index in [2.05, 4.69) is 21.2 Å². The molecule has 6 heteroatoms. The zero-order valence-corrected chi connectivity index (χ0v) is 12.5. The third-order valence-corrected chi connectivity index (χ3v) is 3.54. The van der Waals surface area contributed by atoms with Gasteiger partial charge in [-0.05, 0) is 58.7 Å². The standard InChI is InChI=1S/C15H10BrF3N2/c1-9-2-5-13(16)14(6-9)21-11-3-4-12(15(17,18)19)10(7-11)8-20/h2-7,21H,1H3. The molecule has 0 atom stereocenters. The van der Waals surface area contributed by atoms with Crippen LogP contribution in [-0.4, -0.2) is 0 Å². The lowest BCUT2D eigenvalue weighted by atomic mass is 10.1. The van der Waals surface area contributed by atoms with E-state index in [1.54, 1.807) is 6.07 Å². The molecule has 0 radical (unpaired) electrons. The summed E-state index contributed by atoms with van der Waals surface area (Å²) in [6.07, 6.45) is -4.53. The molecule has 0 aromatic heterocycles. The molecule has 0 saturated carbocycles. The van der Waals surface area contributed by atoms with Crippen LogP contribution in [0.4, 0.5) is 24.5 Å². The van der Waals surface area contributed by atoms with Crippen molar-refractivity contribution in [3.8, 4) is 6.07 Å². The highest BCUT2D eigenvalue weighted by Gasteiger charge is 2.33. The van der Waals surface area contributed by atoms with Gasteiger partial charge in [0.2, 0.25) is 0 Å². The normalized spacial score (nSPS) is 11.0. The fourth-order valence-electron chi connectivity index (χ4n) is 1.85. The lowest BCUT2D eigenvalue weighted by Crippen LogP contribution is -2.08. The van der Waals surface area contributed by atoms with Gasteiger partial charge >= 0.3 is 6.18 Å². The molecule has 2 aromatic carbocycles. The molecular formula is C15H10BrF3N2. The fourth-order valence-corrected chi connectivity index (χ4v) is 2.20. The molecule has 1 N–H and O–H groups in total. The number of halogens is 4. The number of anilines is 2. The van der Waals surface area contributed by atoms with Gasteiger partial charge in [-0.3, -0.25) is 0 Å². The summed E-state index contributed by atoms with van der Waals surface area (Å²) in [6.45, 7) is 1.91. The molecule has 0 aliphatic heterocycles. The number of aryl methyl sites for hydroxylation is 1. The quantitative estimate of drug-likeness (QED) is 0.784. The van der Waals surface area contributed by atoms with E-state index in [1.807, 2.05) is 25.1 Å². The van der Waals surface area contributed by atoms with Crippen molar-refractivity contribution >= 4 is 27.3 Å². The van der Waals surface area contributed by atoms with E-state index in [0.717, 1.165) is 21.8 Å². The van der Waals surface area contributed by atoms with Crippen LogP contribution in [0.5, 0.6) is 0 Å². The summed E-state index contributed by atoms with van der Waals surface area (Å²) in [4.78, 5) is 0. The van der Waals surface area contributed by atoms with Crippen molar-refractivity contribution in [1.29, 1.82) is 5.26 Å². The Labute approximate surface area is 128 Å². The predicted molar refractivity (Wildman–Crippen MR) is 78.3 cm³/mol. The van der Waals surface area contributed by atoms with Crippen molar-refractivity contribution in [3.63, 3.8) is 0 Å². The van der Waals surface area contributed by atoms with Gasteiger partial charge in [0.05, 0.1) is 22.9 Å². The molecule has 0 spiro atoms. The van der Waals surface area contributed by atoms with Crippen molar-refractivity contribution in [2.45, 2.75) is 13.1 Å². The second-order valence-electron chi connectivity index (χ2n) is 4.48. The van der Waals surface area contributed by atoms with Crippen molar-refractivity contribution < 1.29 is 13.2 Å². The number of hydrogen-bond donors (Lipinski definition) is 1. The molecule has 0 aliphatic rings. The number of hydrogen-bond acceptors (Lipinski definition) is 2. The van der Waals surface area contributed by atoms with Gasteiger partial charge < -0.3 is 5.32 Å². The van der Waals surface area contributed by atoms with Crippen LogP contribution in [0.25, 0.3) is 0 Å². The van der Waals surface area contributed by atoms with Crippen molar-refractivity contribution in [3.05, 3.63) is 57.6 Å². The lowest BCUT2D eigenvalue weighted by molar-refractivity contribution is -0.137. The summed E-state index contributed by atoms with van der Waals surface area (Å²) in [6, 6.07) is 10.6. The van der Waals surface area contributed by atoms with Gasteiger partial charge in [0, 0.05) is 10.2 Å². The first-order valence-electron chi connectivity index (χ1n) is 5.96. The minimum absolute atomic E-state index is 0.406. The Morgan fingerprint density at radius 2 is 1.86 bits per heavy atom. The number of nitriles is 1. The molecular weight excluding hydrogens is 345 g/mol. The third-order valence-electron chi connectivity index (χ3n) is 2.85. The van der Waals surface area contributed by atoms with Gasteiger partial charge in [-0.25, -0.2) is 0 Å². The summed E-state index contributed by atoms with van der Waals surface area (Å²) in [7, 11) is 0. The Kier molecular flexibility index (Phi) is 4.24. The van der Waals surface area contributed by atoms with Crippen LogP contribution in [0.1, 0.15) is 16.7 Å². The van der Waals surface area contributed by atoms with E-state index in [9.17, 15) is 13.2 Å². The van der Waals surface area contributed by atoms with Gasteiger partial charge in [-0.2, -0.15) is 18.4 Å². The molecule has 0 unspecified atom stereocenters. The van der Waals surface area contributed by atoms with E-state index in [1.165, 1.54) is 12.1 Å². The average molecular weight is 355 g/mol. The van der Waals surface area contributed by atoms with E-state index >= 15 is 0 Å². The Morgan fingerprint density at radius 1 is 1.14 bits per heavy atom. The van der Waals surface area contributed by atoms with Gasteiger partial charge in [-0.1, -0.05) is 6.07 Å². The number of benzene rings is 2. The Bertz CT molecular complexity index is 718. The maximum absolute atomic E-state index is 12.7. The van der Waals surface area contributed by atoms with Crippen molar-refractivity contribution in [2.75, 3.05) is 5.32 Å². The summed E-state index contributed by atoms with van der Waals surface area (Å²) < 4.78 is 39.0. The zero-order chi connectivity index (χ0) is 15.6.